The van der Waals surface area contributed by atoms with E-state index in [9.17, 15) is 5.11 Å². The largest absolute Gasteiger partial charge is 0.504 e. The Bertz CT molecular complexity index is 1110. The highest BCUT2D eigenvalue weighted by Gasteiger charge is 2.29. The number of rotatable bonds is 6. The fourth-order valence-electron chi connectivity index (χ4n) is 3.21. The van der Waals surface area contributed by atoms with Crippen molar-refractivity contribution in [1.82, 2.24) is 19.7 Å². The predicted octanol–water partition coefficient (Wildman–Crippen LogP) is 4.30. The number of aromatic hydroxyl groups is 1. The van der Waals surface area contributed by atoms with Crippen molar-refractivity contribution >= 4 is 5.70 Å². The van der Waals surface area contributed by atoms with Crippen molar-refractivity contribution in [2.75, 3.05) is 7.11 Å². The Morgan fingerprint density at radius 3 is 2.28 bits per heavy atom. The first-order valence-electron chi connectivity index (χ1n) is 9.12. The van der Waals surface area contributed by atoms with Gasteiger partial charge in [-0.1, -0.05) is 49.0 Å². The Kier molecular flexibility index (Phi) is 5.18. The van der Waals surface area contributed by atoms with E-state index in [4.69, 9.17) is 4.74 Å². The van der Waals surface area contributed by atoms with Gasteiger partial charge in [-0.05, 0) is 29.8 Å². The number of hydrogen-bond acceptors (Lipinski definition) is 5. The van der Waals surface area contributed by atoms with E-state index >= 15 is 0 Å². The Labute approximate surface area is 168 Å². The molecule has 0 aliphatic heterocycles. The van der Waals surface area contributed by atoms with Crippen molar-refractivity contribution in [2.45, 2.75) is 6.10 Å². The van der Waals surface area contributed by atoms with Crippen LogP contribution in [0.3, 0.4) is 0 Å². The molecule has 0 saturated heterocycles. The number of hydrogen-bond donors (Lipinski definition) is 1. The lowest BCUT2D eigenvalue weighted by Gasteiger charge is -2.18. The molecule has 0 bridgehead atoms. The average molecular weight is 384 g/mol. The highest BCUT2D eigenvalue weighted by atomic mass is 16.5. The molecule has 4 aromatic rings. The van der Waals surface area contributed by atoms with Crippen LogP contribution in [0.5, 0.6) is 5.75 Å². The highest BCUT2D eigenvalue weighted by Crippen LogP contribution is 2.39. The summed E-state index contributed by atoms with van der Waals surface area (Å²) in [6, 6.07) is 20.7. The molecule has 0 saturated carbocycles. The Morgan fingerprint density at radius 1 is 0.966 bits per heavy atom. The molecule has 1 unspecified atom stereocenters. The standard InChI is InChI=1S/C23H20N4O2/c1-16(18-12-6-8-14-24-18)27-21(23(29-2)17-10-4-3-5-11-17)22(28)20(26-27)19-13-7-9-15-25-19/h3-15,23,28H,1H2,2H3. The second-order valence-corrected chi connectivity index (χ2v) is 6.40. The quantitative estimate of drug-likeness (QED) is 0.537. The number of benzene rings is 1. The summed E-state index contributed by atoms with van der Waals surface area (Å²) in [7, 11) is 1.60. The number of pyridine rings is 2. The Balaban J connectivity index is 1.92. The molecular weight excluding hydrogens is 364 g/mol. The Hall–Kier alpha value is -3.77. The number of methoxy groups -OCH3 is 1. The minimum atomic E-state index is -0.554. The van der Waals surface area contributed by atoms with Crippen LogP contribution in [0, 0.1) is 0 Å². The monoisotopic (exact) mass is 384 g/mol. The van der Waals surface area contributed by atoms with Gasteiger partial charge in [0.1, 0.15) is 11.8 Å². The van der Waals surface area contributed by atoms with Gasteiger partial charge in [0.15, 0.2) is 11.4 Å². The lowest BCUT2D eigenvalue weighted by Crippen LogP contribution is -2.12. The molecule has 1 N–H and O–H groups in total. The zero-order chi connectivity index (χ0) is 20.2. The van der Waals surface area contributed by atoms with Crippen molar-refractivity contribution in [1.29, 1.82) is 0 Å². The molecule has 1 aromatic carbocycles. The van der Waals surface area contributed by atoms with Gasteiger partial charge in [0.25, 0.3) is 0 Å². The third-order valence-electron chi connectivity index (χ3n) is 4.61. The van der Waals surface area contributed by atoms with Crippen LogP contribution in [0.15, 0.2) is 85.7 Å². The van der Waals surface area contributed by atoms with E-state index in [0.717, 1.165) is 5.56 Å². The smallest absolute Gasteiger partial charge is 0.170 e. The minimum absolute atomic E-state index is 0.00326. The first-order valence-corrected chi connectivity index (χ1v) is 9.12. The van der Waals surface area contributed by atoms with Gasteiger partial charge in [-0.3, -0.25) is 9.97 Å². The van der Waals surface area contributed by atoms with Crippen LogP contribution in [0.4, 0.5) is 0 Å². The third-order valence-corrected chi connectivity index (χ3v) is 4.61. The molecule has 0 radical (unpaired) electrons. The fourth-order valence-corrected chi connectivity index (χ4v) is 3.21. The molecule has 0 spiro atoms. The average Bonchev–Trinajstić information content (AvgIpc) is 3.13. The predicted molar refractivity (Wildman–Crippen MR) is 111 cm³/mol. The first kappa shape index (κ1) is 18.6. The van der Waals surface area contributed by atoms with Crippen molar-refractivity contribution in [3.8, 4) is 17.1 Å². The van der Waals surface area contributed by atoms with Crippen LogP contribution in [-0.2, 0) is 4.74 Å². The van der Waals surface area contributed by atoms with Gasteiger partial charge in [0.05, 0.1) is 17.1 Å². The highest BCUT2D eigenvalue weighted by molar-refractivity contribution is 5.69. The second-order valence-electron chi connectivity index (χ2n) is 6.40. The molecule has 3 heterocycles. The van der Waals surface area contributed by atoms with Gasteiger partial charge in [0, 0.05) is 19.5 Å². The van der Waals surface area contributed by atoms with Gasteiger partial charge in [-0.2, -0.15) is 5.10 Å². The second kappa shape index (κ2) is 8.08. The maximum atomic E-state index is 11.2. The van der Waals surface area contributed by atoms with Crippen molar-refractivity contribution in [2.24, 2.45) is 0 Å². The van der Waals surface area contributed by atoms with E-state index in [1.807, 2.05) is 60.7 Å². The fraction of sp³-hybridized carbons (Fsp3) is 0.0870. The zero-order valence-electron chi connectivity index (χ0n) is 15.9. The van der Waals surface area contributed by atoms with Crippen LogP contribution >= 0.6 is 0 Å². The summed E-state index contributed by atoms with van der Waals surface area (Å²) in [5.41, 5.74) is 3.43. The van der Waals surface area contributed by atoms with Crippen LogP contribution in [-0.4, -0.2) is 32.0 Å². The Morgan fingerprint density at radius 2 is 1.66 bits per heavy atom. The van der Waals surface area contributed by atoms with Gasteiger partial charge in [-0.25, -0.2) is 4.68 Å². The molecule has 6 nitrogen and oxygen atoms in total. The molecule has 0 aliphatic rings. The van der Waals surface area contributed by atoms with Crippen LogP contribution in [0.2, 0.25) is 0 Å². The van der Waals surface area contributed by atoms with E-state index in [1.54, 1.807) is 30.3 Å². The van der Waals surface area contributed by atoms with Gasteiger partial charge in [0.2, 0.25) is 0 Å². The normalized spacial score (nSPS) is 11.9. The molecule has 6 heteroatoms. The maximum Gasteiger partial charge on any atom is 0.170 e. The number of nitrogens with zero attached hydrogens (tertiary/aromatic N) is 4. The number of ether oxygens (including phenoxy) is 1. The van der Waals surface area contributed by atoms with Crippen LogP contribution in [0.1, 0.15) is 23.1 Å². The topological polar surface area (TPSA) is 73.1 Å². The number of aromatic nitrogens is 4. The lowest BCUT2D eigenvalue weighted by atomic mass is 10.0. The molecule has 1 atom stereocenters. The van der Waals surface area contributed by atoms with Crippen LogP contribution < -0.4 is 0 Å². The zero-order valence-corrected chi connectivity index (χ0v) is 15.9. The molecule has 144 valence electrons. The summed E-state index contributed by atoms with van der Waals surface area (Å²) >= 11 is 0. The van der Waals surface area contributed by atoms with E-state index in [1.165, 1.54) is 0 Å². The summed E-state index contributed by atoms with van der Waals surface area (Å²) in [6.45, 7) is 4.17. The lowest BCUT2D eigenvalue weighted by molar-refractivity contribution is 0.128. The third kappa shape index (κ3) is 3.53. The SMILES string of the molecule is C=C(c1ccccn1)n1nc(-c2ccccn2)c(O)c1C(OC)c1ccccc1. The molecule has 29 heavy (non-hydrogen) atoms. The molecular formula is C23H20N4O2. The summed E-state index contributed by atoms with van der Waals surface area (Å²) in [5.74, 6) is -0.00326. The maximum absolute atomic E-state index is 11.2. The molecule has 3 aromatic heterocycles. The molecule has 4 rings (SSSR count). The first-order chi connectivity index (χ1) is 14.2. The summed E-state index contributed by atoms with van der Waals surface area (Å²) in [5, 5.41) is 15.8. The van der Waals surface area contributed by atoms with Crippen molar-refractivity contribution in [3.63, 3.8) is 0 Å². The van der Waals surface area contributed by atoms with Gasteiger partial charge >= 0.3 is 0 Å². The minimum Gasteiger partial charge on any atom is -0.504 e. The van der Waals surface area contributed by atoms with Gasteiger partial charge < -0.3 is 9.84 Å². The van der Waals surface area contributed by atoms with E-state index < -0.39 is 6.10 Å². The summed E-state index contributed by atoms with van der Waals surface area (Å²) in [4.78, 5) is 8.70. The van der Waals surface area contributed by atoms with Crippen molar-refractivity contribution < 1.29 is 9.84 Å². The molecule has 0 fully saturated rings. The van der Waals surface area contributed by atoms with E-state index in [2.05, 4.69) is 21.6 Å². The van der Waals surface area contributed by atoms with Gasteiger partial charge in [-0.15, -0.1) is 0 Å². The summed E-state index contributed by atoms with van der Waals surface area (Å²) in [6.07, 6.45) is 2.79. The summed E-state index contributed by atoms with van der Waals surface area (Å²) < 4.78 is 7.36. The molecule has 0 aliphatic carbocycles. The van der Waals surface area contributed by atoms with Crippen molar-refractivity contribution in [3.05, 3.63) is 103 Å². The van der Waals surface area contributed by atoms with E-state index in [0.29, 0.717) is 28.5 Å². The molecule has 0 amide bonds. The van der Waals surface area contributed by atoms with E-state index in [-0.39, 0.29) is 5.75 Å². The van der Waals surface area contributed by atoms with Crippen LogP contribution in [0.25, 0.3) is 17.1 Å².